The van der Waals surface area contributed by atoms with Crippen LogP contribution in [0.25, 0.3) is 55.4 Å². The van der Waals surface area contributed by atoms with Crippen molar-refractivity contribution in [3.63, 3.8) is 0 Å². The van der Waals surface area contributed by atoms with Crippen LogP contribution < -0.4 is 0 Å². The molecule has 2 heteroatoms. The van der Waals surface area contributed by atoms with Crippen LogP contribution in [0.2, 0.25) is 0 Å². The van der Waals surface area contributed by atoms with Crippen LogP contribution in [-0.4, -0.2) is 9.97 Å². The van der Waals surface area contributed by atoms with Gasteiger partial charge in [-0.05, 0) is 113 Å². The highest BCUT2D eigenvalue weighted by Gasteiger charge is 2.61. The molecule has 11 rings (SSSR count). The summed E-state index contributed by atoms with van der Waals surface area (Å²) >= 11 is 0. The first-order valence-corrected chi connectivity index (χ1v) is 15.8. The molecule has 2 nitrogen and oxygen atoms in total. The van der Waals surface area contributed by atoms with Gasteiger partial charge in [-0.15, -0.1) is 0 Å². The smallest absolute Gasteiger partial charge is 0.160 e. The van der Waals surface area contributed by atoms with Crippen LogP contribution in [0, 0.1) is 23.7 Å². The Morgan fingerprint density at radius 1 is 0.524 bits per heavy atom. The predicted molar refractivity (Wildman–Crippen MR) is 171 cm³/mol. The van der Waals surface area contributed by atoms with Crippen molar-refractivity contribution in [1.29, 1.82) is 0 Å². The summed E-state index contributed by atoms with van der Waals surface area (Å²) in [5.74, 6) is 4.12. The molecule has 0 unspecified atom stereocenters. The molecule has 0 atom stereocenters. The van der Waals surface area contributed by atoms with Crippen LogP contribution in [0.1, 0.15) is 43.2 Å². The van der Waals surface area contributed by atoms with Crippen LogP contribution in [0.15, 0.2) is 109 Å². The van der Waals surface area contributed by atoms with Crippen molar-refractivity contribution >= 4 is 21.7 Å². The van der Waals surface area contributed by atoms with Crippen molar-refractivity contribution in [3.8, 4) is 33.8 Å². The molecule has 1 heterocycles. The molecule has 0 N–H and O–H groups in total. The first kappa shape index (κ1) is 23.3. The molecular formula is C40H32N2. The molecule has 5 aliphatic carbocycles. The van der Waals surface area contributed by atoms with Crippen molar-refractivity contribution in [3.05, 3.63) is 120 Å². The van der Waals surface area contributed by atoms with E-state index >= 15 is 0 Å². The fourth-order valence-electron chi connectivity index (χ4n) is 10.0. The number of aromatic nitrogens is 2. The summed E-state index contributed by atoms with van der Waals surface area (Å²) in [5.41, 5.74) is 10.5. The summed E-state index contributed by atoms with van der Waals surface area (Å²) in [4.78, 5) is 10.4. The van der Waals surface area contributed by atoms with E-state index in [1.165, 1.54) is 54.0 Å². The van der Waals surface area contributed by atoms with Gasteiger partial charge in [-0.1, -0.05) is 84.9 Å². The standard InChI is InChI=1S/C40H32N2/c1-2-8-26(9-3-1)38-33-12-6-7-13-37(33)41-39(42-38)29-14-15-32-34-21-27-10-4-5-11-28(27)22-36(34)40(35(32)23-29)30-17-24-16-25(19-30)20-31(40)18-24/h1-15,21-25,30-31H,16-20H2. The molecule has 4 saturated carbocycles. The van der Waals surface area contributed by atoms with Gasteiger partial charge in [-0.3, -0.25) is 0 Å². The Balaban J connectivity index is 1.23. The van der Waals surface area contributed by atoms with Crippen molar-refractivity contribution in [2.75, 3.05) is 0 Å². The summed E-state index contributed by atoms with van der Waals surface area (Å²) in [6, 6.07) is 40.2. The minimum absolute atomic E-state index is 0.108. The fourth-order valence-corrected chi connectivity index (χ4v) is 10.0. The molecule has 0 radical (unpaired) electrons. The largest absolute Gasteiger partial charge is 0.228 e. The monoisotopic (exact) mass is 540 g/mol. The Hall–Kier alpha value is -4.30. The summed E-state index contributed by atoms with van der Waals surface area (Å²) in [5, 5.41) is 3.82. The molecule has 4 bridgehead atoms. The van der Waals surface area contributed by atoms with Crippen LogP contribution >= 0.6 is 0 Å². The highest BCUT2D eigenvalue weighted by molar-refractivity contribution is 5.96. The quantitative estimate of drug-likeness (QED) is 0.218. The molecule has 0 amide bonds. The van der Waals surface area contributed by atoms with E-state index in [9.17, 15) is 0 Å². The Morgan fingerprint density at radius 2 is 1.19 bits per heavy atom. The second-order valence-electron chi connectivity index (χ2n) is 13.5. The molecular weight excluding hydrogens is 508 g/mol. The minimum Gasteiger partial charge on any atom is -0.228 e. The topological polar surface area (TPSA) is 25.8 Å². The Bertz CT molecular complexity index is 2030. The van der Waals surface area contributed by atoms with E-state index in [4.69, 9.17) is 9.97 Å². The lowest BCUT2D eigenvalue weighted by molar-refractivity contribution is -0.0398. The molecule has 202 valence electrons. The third kappa shape index (κ3) is 3.05. The lowest BCUT2D eigenvalue weighted by Crippen LogP contribution is -2.55. The van der Waals surface area contributed by atoms with E-state index in [1.54, 1.807) is 11.1 Å². The summed E-state index contributed by atoms with van der Waals surface area (Å²) in [6.07, 6.45) is 7.00. The second-order valence-corrected chi connectivity index (χ2v) is 13.5. The zero-order chi connectivity index (χ0) is 27.4. The van der Waals surface area contributed by atoms with Gasteiger partial charge in [-0.2, -0.15) is 0 Å². The van der Waals surface area contributed by atoms with Crippen LogP contribution in [0.4, 0.5) is 0 Å². The molecule has 5 aliphatic rings. The zero-order valence-electron chi connectivity index (χ0n) is 23.6. The average Bonchev–Trinajstić information content (AvgIpc) is 3.31. The van der Waals surface area contributed by atoms with Crippen molar-refractivity contribution in [1.82, 2.24) is 9.97 Å². The fraction of sp³-hybridized carbons (Fsp3) is 0.250. The van der Waals surface area contributed by atoms with Gasteiger partial charge in [0.1, 0.15) is 0 Å². The molecule has 4 fully saturated rings. The first-order valence-electron chi connectivity index (χ1n) is 15.8. The van der Waals surface area contributed by atoms with Gasteiger partial charge in [0.05, 0.1) is 11.2 Å². The maximum atomic E-state index is 5.27. The molecule has 5 aromatic carbocycles. The van der Waals surface area contributed by atoms with Gasteiger partial charge in [0.15, 0.2) is 5.82 Å². The van der Waals surface area contributed by atoms with E-state index in [1.807, 2.05) is 0 Å². The number of hydrogen-bond donors (Lipinski definition) is 0. The van der Waals surface area contributed by atoms with Gasteiger partial charge in [0.2, 0.25) is 0 Å². The highest BCUT2D eigenvalue weighted by Crippen LogP contribution is 2.69. The van der Waals surface area contributed by atoms with Crippen molar-refractivity contribution in [2.24, 2.45) is 23.7 Å². The highest BCUT2D eigenvalue weighted by atomic mass is 14.9. The molecule has 6 aromatic rings. The van der Waals surface area contributed by atoms with Gasteiger partial charge < -0.3 is 0 Å². The Kier molecular flexibility index (Phi) is 4.65. The minimum atomic E-state index is 0.108. The third-order valence-corrected chi connectivity index (χ3v) is 11.4. The third-order valence-electron chi connectivity index (χ3n) is 11.4. The Morgan fingerprint density at radius 3 is 1.98 bits per heavy atom. The summed E-state index contributed by atoms with van der Waals surface area (Å²) in [7, 11) is 0. The van der Waals surface area contributed by atoms with Crippen molar-refractivity contribution in [2.45, 2.75) is 37.5 Å². The molecule has 1 spiro atoms. The lowest BCUT2D eigenvalue weighted by Gasteiger charge is -2.61. The van der Waals surface area contributed by atoms with E-state index in [-0.39, 0.29) is 5.41 Å². The Labute approximate surface area is 246 Å². The molecule has 42 heavy (non-hydrogen) atoms. The van der Waals surface area contributed by atoms with Gasteiger partial charge in [0.25, 0.3) is 0 Å². The maximum absolute atomic E-state index is 5.27. The van der Waals surface area contributed by atoms with Crippen LogP contribution in [0.5, 0.6) is 0 Å². The summed E-state index contributed by atoms with van der Waals surface area (Å²) < 4.78 is 0. The number of rotatable bonds is 2. The van der Waals surface area contributed by atoms with Crippen molar-refractivity contribution < 1.29 is 0 Å². The number of hydrogen-bond acceptors (Lipinski definition) is 2. The van der Waals surface area contributed by atoms with E-state index in [0.29, 0.717) is 0 Å². The number of benzene rings is 5. The van der Waals surface area contributed by atoms with E-state index in [2.05, 4.69) is 109 Å². The second kappa shape index (κ2) is 8.38. The van der Waals surface area contributed by atoms with Gasteiger partial charge in [0, 0.05) is 21.9 Å². The number of para-hydroxylation sites is 1. The average molecular weight is 541 g/mol. The first-order chi connectivity index (χ1) is 20.8. The zero-order valence-corrected chi connectivity index (χ0v) is 23.6. The summed E-state index contributed by atoms with van der Waals surface area (Å²) in [6.45, 7) is 0. The van der Waals surface area contributed by atoms with Gasteiger partial charge >= 0.3 is 0 Å². The number of fused-ring (bicyclic) bond motifs is 5. The molecule has 0 saturated heterocycles. The lowest BCUT2D eigenvalue weighted by atomic mass is 9.43. The molecule has 0 aliphatic heterocycles. The van der Waals surface area contributed by atoms with E-state index in [0.717, 1.165) is 57.2 Å². The van der Waals surface area contributed by atoms with Crippen LogP contribution in [-0.2, 0) is 5.41 Å². The predicted octanol–water partition coefficient (Wildman–Crippen LogP) is 9.84. The number of nitrogens with zero attached hydrogens (tertiary/aromatic N) is 2. The van der Waals surface area contributed by atoms with Crippen LogP contribution in [0.3, 0.4) is 0 Å². The SMILES string of the molecule is c1ccc(-c2nc(-c3ccc4c(c3)C3(c5cc6ccccc6cc5-4)C4CC5CC(C4)CC3C5)nc3ccccc23)cc1. The van der Waals surface area contributed by atoms with E-state index < -0.39 is 0 Å². The van der Waals surface area contributed by atoms with Gasteiger partial charge in [-0.25, -0.2) is 9.97 Å². The maximum Gasteiger partial charge on any atom is 0.160 e. The molecule has 1 aromatic heterocycles. The normalized spacial score (nSPS) is 26.7.